The monoisotopic (exact) mass is 263 g/mol. The fraction of sp³-hybridized carbons (Fsp3) is 0.250. The normalized spacial score (nSPS) is 12.3. The van der Waals surface area contributed by atoms with Crippen LogP contribution in [0.5, 0.6) is 0 Å². The number of nitrogens with one attached hydrogen (secondary N) is 1. The van der Waals surface area contributed by atoms with Crippen molar-refractivity contribution in [3.63, 3.8) is 0 Å². The van der Waals surface area contributed by atoms with E-state index in [1.54, 1.807) is 11.6 Å². The Bertz CT molecular complexity index is 527. The van der Waals surface area contributed by atoms with E-state index < -0.39 is 5.97 Å². The molecule has 0 saturated heterocycles. The average Bonchev–Trinajstić information content (AvgIpc) is 2.86. The van der Waals surface area contributed by atoms with Gasteiger partial charge in [0.15, 0.2) is 0 Å². The fourth-order valence-electron chi connectivity index (χ4n) is 1.48. The van der Waals surface area contributed by atoms with Gasteiger partial charge in [-0.15, -0.1) is 11.3 Å². The lowest BCUT2D eigenvalue weighted by atomic mass is 10.2. The van der Waals surface area contributed by atoms with Crippen molar-refractivity contribution in [1.82, 2.24) is 15.3 Å². The number of nitrogens with zero attached hydrogens (tertiary/aromatic N) is 2. The number of aromatic nitrogens is 2. The zero-order valence-corrected chi connectivity index (χ0v) is 10.6. The van der Waals surface area contributed by atoms with Gasteiger partial charge in [-0.25, -0.2) is 9.78 Å². The Morgan fingerprint density at radius 3 is 3.00 bits per heavy atom. The third kappa shape index (κ3) is 3.12. The number of pyridine rings is 1. The Hall–Kier alpha value is -1.79. The lowest BCUT2D eigenvalue weighted by molar-refractivity contribution is 0.0696. The van der Waals surface area contributed by atoms with Crippen molar-refractivity contribution < 1.29 is 9.90 Å². The van der Waals surface area contributed by atoms with Crippen LogP contribution in [0.2, 0.25) is 0 Å². The molecule has 0 unspecified atom stereocenters. The summed E-state index contributed by atoms with van der Waals surface area (Å²) in [5.74, 6) is -0.982. The van der Waals surface area contributed by atoms with Crippen LogP contribution in [0, 0.1) is 0 Å². The van der Waals surface area contributed by atoms with Crippen molar-refractivity contribution in [2.75, 3.05) is 0 Å². The smallest absolute Gasteiger partial charge is 0.365 e. The molecule has 0 aliphatic rings. The van der Waals surface area contributed by atoms with Gasteiger partial charge in [-0.1, -0.05) is 6.07 Å². The van der Waals surface area contributed by atoms with E-state index in [0.717, 1.165) is 22.7 Å². The third-order valence-electron chi connectivity index (χ3n) is 2.46. The molecule has 2 rings (SSSR count). The van der Waals surface area contributed by atoms with E-state index in [4.69, 9.17) is 5.11 Å². The highest BCUT2D eigenvalue weighted by molar-refractivity contribution is 7.11. The molecule has 0 bridgehead atoms. The van der Waals surface area contributed by atoms with Gasteiger partial charge in [-0.2, -0.15) is 0 Å². The number of thiazole rings is 1. The Labute approximate surface area is 109 Å². The van der Waals surface area contributed by atoms with Crippen molar-refractivity contribution in [2.24, 2.45) is 0 Å². The van der Waals surface area contributed by atoms with Crippen molar-refractivity contribution in [1.29, 1.82) is 0 Å². The van der Waals surface area contributed by atoms with Crippen molar-refractivity contribution >= 4 is 17.3 Å². The van der Waals surface area contributed by atoms with E-state index in [-0.39, 0.29) is 11.0 Å². The topological polar surface area (TPSA) is 75.1 Å². The second-order valence-electron chi connectivity index (χ2n) is 3.81. The molecule has 2 aromatic heterocycles. The van der Waals surface area contributed by atoms with Crippen LogP contribution in [0.3, 0.4) is 0 Å². The number of carbonyl (C=O) groups is 1. The van der Waals surface area contributed by atoms with Gasteiger partial charge in [-0.05, 0) is 19.1 Å². The first kappa shape index (κ1) is 12.7. The molecule has 0 aliphatic heterocycles. The molecular weight excluding hydrogens is 250 g/mol. The van der Waals surface area contributed by atoms with Gasteiger partial charge in [0, 0.05) is 24.2 Å². The summed E-state index contributed by atoms with van der Waals surface area (Å²) in [5.41, 5.74) is 1.69. The van der Waals surface area contributed by atoms with E-state index in [0.29, 0.717) is 6.54 Å². The highest BCUT2D eigenvalue weighted by atomic mass is 32.1. The number of rotatable bonds is 5. The lowest BCUT2D eigenvalue weighted by Gasteiger charge is -2.11. The minimum atomic E-state index is -0.982. The lowest BCUT2D eigenvalue weighted by Crippen LogP contribution is -2.19. The van der Waals surface area contributed by atoms with Crippen LogP contribution in [0.25, 0.3) is 0 Å². The number of carboxylic acid groups (broad SMARTS) is 1. The molecule has 18 heavy (non-hydrogen) atoms. The molecule has 0 radical (unpaired) electrons. The van der Waals surface area contributed by atoms with E-state index in [9.17, 15) is 4.79 Å². The van der Waals surface area contributed by atoms with E-state index in [2.05, 4.69) is 15.3 Å². The fourth-order valence-corrected chi connectivity index (χ4v) is 2.14. The Morgan fingerprint density at radius 1 is 1.56 bits per heavy atom. The SMILES string of the molecule is C[C@H](NCc1csc(C(=O)O)n1)c1ccccn1. The molecule has 94 valence electrons. The highest BCUT2D eigenvalue weighted by Crippen LogP contribution is 2.12. The first-order valence-electron chi connectivity index (χ1n) is 5.49. The molecule has 6 heteroatoms. The summed E-state index contributed by atoms with van der Waals surface area (Å²) in [6.07, 6.45) is 1.75. The number of carboxylic acids is 1. The van der Waals surface area contributed by atoms with E-state index >= 15 is 0 Å². The van der Waals surface area contributed by atoms with Gasteiger partial charge in [0.25, 0.3) is 0 Å². The summed E-state index contributed by atoms with van der Waals surface area (Å²) >= 11 is 1.14. The van der Waals surface area contributed by atoms with Crippen LogP contribution in [-0.4, -0.2) is 21.0 Å². The second-order valence-corrected chi connectivity index (χ2v) is 4.66. The molecule has 0 fully saturated rings. The summed E-state index contributed by atoms with van der Waals surface area (Å²) in [4.78, 5) is 19.0. The third-order valence-corrected chi connectivity index (χ3v) is 3.33. The Balaban J connectivity index is 1.93. The molecule has 0 aliphatic carbocycles. The maximum Gasteiger partial charge on any atom is 0.365 e. The van der Waals surface area contributed by atoms with Crippen molar-refractivity contribution in [3.05, 3.63) is 46.2 Å². The summed E-state index contributed by atoms with van der Waals surface area (Å²) < 4.78 is 0. The van der Waals surface area contributed by atoms with E-state index in [1.807, 2.05) is 25.1 Å². The molecule has 2 N–H and O–H groups in total. The molecular formula is C12H13N3O2S. The molecule has 0 spiro atoms. The number of hydrogen-bond acceptors (Lipinski definition) is 5. The predicted octanol–water partition coefficient (Wildman–Crippen LogP) is 2.09. The first-order valence-corrected chi connectivity index (χ1v) is 6.37. The average molecular weight is 263 g/mol. The van der Waals surface area contributed by atoms with E-state index in [1.165, 1.54) is 0 Å². The number of hydrogen-bond donors (Lipinski definition) is 2. The summed E-state index contributed by atoms with van der Waals surface area (Å²) in [5, 5.41) is 13.9. The van der Waals surface area contributed by atoms with Crippen LogP contribution < -0.4 is 5.32 Å². The first-order chi connectivity index (χ1) is 8.66. The summed E-state index contributed by atoms with van der Waals surface area (Å²) in [6.45, 7) is 2.54. The molecule has 0 saturated carbocycles. The van der Waals surface area contributed by atoms with Gasteiger partial charge < -0.3 is 10.4 Å². The molecule has 0 aromatic carbocycles. The summed E-state index contributed by atoms with van der Waals surface area (Å²) in [6, 6.07) is 5.85. The largest absolute Gasteiger partial charge is 0.476 e. The molecule has 0 amide bonds. The Morgan fingerprint density at radius 2 is 2.39 bits per heavy atom. The predicted molar refractivity (Wildman–Crippen MR) is 68.6 cm³/mol. The zero-order chi connectivity index (χ0) is 13.0. The maximum absolute atomic E-state index is 10.7. The standard InChI is InChI=1S/C12H13N3O2S/c1-8(10-4-2-3-5-13-10)14-6-9-7-18-11(15-9)12(16)17/h2-5,7-8,14H,6H2,1H3,(H,16,17)/t8-/m0/s1. The second kappa shape index (κ2) is 5.70. The van der Waals surface area contributed by atoms with Gasteiger partial charge in [0.2, 0.25) is 5.01 Å². The quantitative estimate of drug-likeness (QED) is 0.864. The number of aromatic carboxylic acids is 1. The molecule has 2 heterocycles. The van der Waals surface area contributed by atoms with Gasteiger partial charge in [0.1, 0.15) is 0 Å². The molecule has 2 aromatic rings. The highest BCUT2D eigenvalue weighted by Gasteiger charge is 2.10. The van der Waals surface area contributed by atoms with Crippen molar-refractivity contribution in [3.8, 4) is 0 Å². The maximum atomic E-state index is 10.7. The van der Waals surface area contributed by atoms with Crippen LogP contribution in [-0.2, 0) is 6.54 Å². The van der Waals surface area contributed by atoms with Gasteiger partial charge in [0.05, 0.1) is 11.4 Å². The summed E-state index contributed by atoms with van der Waals surface area (Å²) in [7, 11) is 0. The minimum absolute atomic E-state index is 0.0983. The Kier molecular flexibility index (Phi) is 4.01. The van der Waals surface area contributed by atoms with Crippen LogP contribution >= 0.6 is 11.3 Å². The van der Waals surface area contributed by atoms with Crippen molar-refractivity contribution in [2.45, 2.75) is 19.5 Å². The van der Waals surface area contributed by atoms with Crippen LogP contribution in [0.15, 0.2) is 29.8 Å². The zero-order valence-electron chi connectivity index (χ0n) is 9.83. The van der Waals surface area contributed by atoms with Gasteiger partial charge >= 0.3 is 5.97 Å². The van der Waals surface area contributed by atoms with Crippen LogP contribution in [0.1, 0.15) is 34.2 Å². The van der Waals surface area contributed by atoms with Gasteiger partial charge in [-0.3, -0.25) is 4.98 Å². The molecule has 5 nitrogen and oxygen atoms in total. The molecule has 1 atom stereocenters. The minimum Gasteiger partial charge on any atom is -0.476 e. The van der Waals surface area contributed by atoms with Crippen LogP contribution in [0.4, 0.5) is 0 Å².